The third kappa shape index (κ3) is 3.63. The average molecular weight is 216 g/mol. The Labute approximate surface area is 89.0 Å². The highest BCUT2D eigenvalue weighted by Crippen LogP contribution is 2.19. The number of hydrogen-bond donors (Lipinski definition) is 0. The number of rotatable bonds is 6. The maximum atomic E-state index is 11.2. The maximum absolute atomic E-state index is 11.2. The van der Waals surface area contributed by atoms with E-state index in [9.17, 15) is 4.79 Å². The molecule has 0 aromatic rings. The van der Waals surface area contributed by atoms with Gasteiger partial charge >= 0.3 is 5.97 Å². The highest BCUT2D eigenvalue weighted by molar-refractivity contribution is 5.98. The lowest BCUT2D eigenvalue weighted by Crippen LogP contribution is -2.37. The fourth-order valence-electron chi connectivity index (χ4n) is 1.12. The van der Waals surface area contributed by atoms with Gasteiger partial charge in [0.15, 0.2) is 0 Å². The van der Waals surface area contributed by atoms with Gasteiger partial charge in [-0.05, 0) is 19.8 Å². The summed E-state index contributed by atoms with van der Waals surface area (Å²) < 4.78 is 10.6. The first kappa shape index (κ1) is 13.4. The van der Waals surface area contributed by atoms with Gasteiger partial charge in [0.05, 0.1) is 5.60 Å². The largest absolute Gasteiger partial charge is 0.459 e. The molecule has 0 aromatic carbocycles. The molecule has 14 heavy (non-hydrogen) atoms. The summed E-state index contributed by atoms with van der Waals surface area (Å²) >= 11 is 0. The second kappa shape index (κ2) is 5.98. The number of esters is 1. The Balaban J connectivity index is 4.19. The fourth-order valence-corrected chi connectivity index (χ4v) is 1.82. The predicted octanol–water partition coefficient (Wildman–Crippen LogP) is 0.961. The minimum atomic E-state index is -0.338. The van der Waals surface area contributed by atoms with Crippen LogP contribution in [-0.2, 0) is 14.0 Å². The average Bonchev–Trinajstić information content (AvgIpc) is 2.20. The molecule has 0 bridgehead atoms. The molecule has 0 saturated heterocycles. The lowest BCUT2D eigenvalue weighted by atomic mass is 9.99. The van der Waals surface area contributed by atoms with Gasteiger partial charge in [0.25, 0.3) is 0 Å². The van der Waals surface area contributed by atoms with Crippen LogP contribution in [0.3, 0.4) is 0 Å². The molecule has 0 aliphatic carbocycles. The van der Waals surface area contributed by atoms with Crippen LogP contribution in [0.25, 0.3) is 0 Å². The summed E-state index contributed by atoms with van der Waals surface area (Å²) in [4.78, 5) is 11.2. The van der Waals surface area contributed by atoms with E-state index >= 15 is 0 Å². The topological polar surface area (TPSA) is 35.5 Å². The highest BCUT2D eigenvalue weighted by atomic mass is 28.2. The molecule has 82 valence electrons. The van der Waals surface area contributed by atoms with Crippen LogP contribution in [0.15, 0.2) is 12.2 Å². The lowest BCUT2D eigenvalue weighted by Gasteiger charge is -2.30. The van der Waals surface area contributed by atoms with E-state index in [-0.39, 0.29) is 11.6 Å². The highest BCUT2D eigenvalue weighted by Gasteiger charge is 2.26. The first-order chi connectivity index (χ1) is 6.51. The fraction of sp³-hybridized carbons (Fsp3) is 0.700. The molecule has 0 amide bonds. The van der Waals surface area contributed by atoms with Crippen LogP contribution in [0.4, 0.5) is 0 Å². The van der Waals surface area contributed by atoms with Crippen LogP contribution >= 0.6 is 0 Å². The van der Waals surface area contributed by atoms with Gasteiger partial charge in [0.1, 0.15) is 17.1 Å². The standard InChI is InChI=1S/C10H20O3Si/c1-5-10(6-2,13-14)7-12-9(11)8(3)4/h3,5-7H2,1-2,4,14H3. The molecule has 3 nitrogen and oxygen atoms in total. The zero-order chi connectivity index (χ0) is 11.2. The van der Waals surface area contributed by atoms with Crippen molar-refractivity contribution in [3.05, 3.63) is 12.2 Å². The summed E-state index contributed by atoms with van der Waals surface area (Å²) in [5.41, 5.74) is 0.150. The van der Waals surface area contributed by atoms with E-state index in [0.29, 0.717) is 22.7 Å². The molecule has 0 atom stereocenters. The normalized spacial score (nSPS) is 11.4. The molecular weight excluding hydrogens is 196 g/mol. The van der Waals surface area contributed by atoms with Gasteiger partial charge in [-0.3, -0.25) is 0 Å². The molecule has 0 aliphatic heterocycles. The summed E-state index contributed by atoms with van der Waals surface area (Å²) in [6.07, 6.45) is 1.72. The third-order valence-corrected chi connectivity index (χ3v) is 3.40. The van der Waals surface area contributed by atoms with Gasteiger partial charge in [-0.1, -0.05) is 20.4 Å². The zero-order valence-corrected chi connectivity index (χ0v) is 11.6. The second-order valence-corrected chi connectivity index (χ2v) is 3.86. The van der Waals surface area contributed by atoms with Crippen LogP contribution in [0.5, 0.6) is 0 Å². The van der Waals surface area contributed by atoms with E-state index in [4.69, 9.17) is 9.16 Å². The van der Waals surface area contributed by atoms with E-state index in [0.717, 1.165) is 12.8 Å². The van der Waals surface area contributed by atoms with Gasteiger partial charge in [-0.2, -0.15) is 0 Å². The minimum Gasteiger partial charge on any atom is -0.459 e. The first-order valence-corrected chi connectivity index (χ1v) is 5.70. The number of ether oxygens (including phenoxy) is 1. The van der Waals surface area contributed by atoms with Gasteiger partial charge < -0.3 is 9.16 Å². The molecule has 0 fully saturated rings. The number of carbonyl (C=O) groups excluding carboxylic acids is 1. The summed E-state index contributed by atoms with van der Waals surface area (Å²) in [5, 5.41) is 0. The first-order valence-electron chi connectivity index (χ1n) is 4.89. The molecule has 0 aromatic heterocycles. The van der Waals surface area contributed by atoms with E-state index in [1.807, 2.05) is 13.8 Å². The van der Waals surface area contributed by atoms with Gasteiger partial charge in [0, 0.05) is 5.57 Å². The lowest BCUT2D eigenvalue weighted by molar-refractivity contribution is -0.145. The van der Waals surface area contributed by atoms with Gasteiger partial charge in [-0.15, -0.1) is 0 Å². The van der Waals surface area contributed by atoms with E-state index < -0.39 is 0 Å². The van der Waals surface area contributed by atoms with Crippen molar-refractivity contribution in [1.82, 2.24) is 0 Å². The molecule has 0 heterocycles. The Morgan fingerprint density at radius 2 is 1.93 bits per heavy atom. The Kier molecular flexibility index (Phi) is 5.72. The quantitative estimate of drug-likeness (QED) is 0.377. The second-order valence-electron chi connectivity index (χ2n) is 3.45. The molecule has 0 radical (unpaired) electrons. The Morgan fingerprint density at radius 3 is 2.21 bits per heavy atom. The molecule has 0 N–H and O–H groups in total. The SMILES string of the molecule is C=C(C)C(=O)OCC(CC)(CC)O[SiH3]. The molecular formula is C10H20O3Si. The van der Waals surface area contributed by atoms with E-state index in [2.05, 4.69) is 6.58 Å². The van der Waals surface area contributed by atoms with Crippen molar-refractivity contribution in [3.63, 3.8) is 0 Å². The zero-order valence-electron chi connectivity index (χ0n) is 9.55. The van der Waals surface area contributed by atoms with Crippen molar-refractivity contribution in [2.75, 3.05) is 6.61 Å². The Morgan fingerprint density at radius 1 is 1.43 bits per heavy atom. The predicted molar refractivity (Wildman–Crippen MR) is 60.1 cm³/mol. The van der Waals surface area contributed by atoms with E-state index in [1.54, 1.807) is 6.92 Å². The Bertz CT molecular complexity index is 201. The summed E-state index contributed by atoms with van der Waals surface area (Å²) in [7, 11) is 0.658. The monoisotopic (exact) mass is 216 g/mol. The van der Waals surface area contributed by atoms with Crippen molar-refractivity contribution in [1.29, 1.82) is 0 Å². The van der Waals surface area contributed by atoms with Crippen LogP contribution in [-0.4, -0.2) is 28.7 Å². The van der Waals surface area contributed by atoms with Gasteiger partial charge in [0.2, 0.25) is 0 Å². The summed E-state index contributed by atoms with van der Waals surface area (Å²) in [6, 6.07) is 0. The maximum Gasteiger partial charge on any atom is 0.333 e. The molecule has 0 unspecified atom stereocenters. The summed E-state index contributed by atoms with van der Waals surface area (Å²) in [5.74, 6) is -0.338. The molecule has 0 saturated carbocycles. The molecule has 0 aliphatic rings. The number of carbonyl (C=O) groups is 1. The van der Waals surface area contributed by atoms with Crippen molar-refractivity contribution in [2.45, 2.75) is 39.2 Å². The van der Waals surface area contributed by atoms with Crippen molar-refractivity contribution >= 4 is 16.5 Å². The minimum absolute atomic E-state index is 0.280. The van der Waals surface area contributed by atoms with Crippen LogP contribution in [0.2, 0.25) is 0 Å². The molecule has 0 spiro atoms. The molecule has 0 rings (SSSR count). The smallest absolute Gasteiger partial charge is 0.333 e. The van der Waals surface area contributed by atoms with Crippen molar-refractivity contribution in [3.8, 4) is 0 Å². The van der Waals surface area contributed by atoms with Crippen molar-refractivity contribution in [2.24, 2.45) is 0 Å². The Hall–Kier alpha value is -0.613. The number of hydrogen-bond acceptors (Lipinski definition) is 3. The third-order valence-electron chi connectivity index (χ3n) is 2.54. The summed E-state index contributed by atoms with van der Waals surface area (Å²) in [6.45, 7) is 9.57. The van der Waals surface area contributed by atoms with Crippen LogP contribution in [0.1, 0.15) is 33.6 Å². The molecule has 4 heteroatoms. The van der Waals surface area contributed by atoms with E-state index in [1.165, 1.54) is 0 Å². The van der Waals surface area contributed by atoms with Crippen LogP contribution in [0, 0.1) is 0 Å². The van der Waals surface area contributed by atoms with Gasteiger partial charge in [-0.25, -0.2) is 4.79 Å². The van der Waals surface area contributed by atoms with Crippen LogP contribution < -0.4 is 0 Å². The van der Waals surface area contributed by atoms with Crippen molar-refractivity contribution < 1.29 is 14.0 Å².